The highest BCUT2D eigenvalue weighted by Crippen LogP contribution is 2.32. The van der Waals surface area contributed by atoms with Crippen LogP contribution in [0.4, 0.5) is 0 Å². The van der Waals surface area contributed by atoms with E-state index in [4.69, 9.17) is 0 Å². The lowest BCUT2D eigenvalue weighted by Crippen LogP contribution is -2.03. The summed E-state index contributed by atoms with van der Waals surface area (Å²) in [5.74, 6) is 1.44. The van der Waals surface area contributed by atoms with Gasteiger partial charge in [-0.2, -0.15) is 0 Å². The third-order valence-electron chi connectivity index (χ3n) is 3.80. The molecule has 110 valence electrons. The van der Waals surface area contributed by atoms with Gasteiger partial charge in [0, 0.05) is 0 Å². The maximum absolute atomic E-state index is 9.75. The molecule has 0 saturated heterocycles. The number of carbonyl (C=O) groups is 1. The minimum Gasteiger partial charge on any atom is -0.429 e. The zero-order chi connectivity index (χ0) is 14.8. The Hall–Kier alpha value is -2.09. The molecule has 21 heavy (non-hydrogen) atoms. The maximum Gasteiger partial charge on any atom is 0.298 e. The monoisotopic (exact) mass is 282 g/mol. The summed E-state index contributed by atoms with van der Waals surface area (Å²) < 4.78 is 4.53. The van der Waals surface area contributed by atoms with Gasteiger partial charge in [-0.05, 0) is 36.5 Å². The van der Waals surface area contributed by atoms with Crippen molar-refractivity contribution in [2.24, 2.45) is 0 Å². The lowest BCUT2D eigenvalue weighted by molar-refractivity contribution is -0.120. The van der Waals surface area contributed by atoms with E-state index >= 15 is 0 Å². The first-order valence-corrected chi connectivity index (χ1v) is 7.60. The van der Waals surface area contributed by atoms with Crippen LogP contribution >= 0.6 is 0 Å². The molecular formula is C19H22O2. The van der Waals surface area contributed by atoms with Crippen LogP contribution < -0.4 is 4.74 Å². The highest BCUT2D eigenvalue weighted by molar-refractivity contribution is 5.44. The van der Waals surface area contributed by atoms with Crippen LogP contribution in [0.3, 0.4) is 0 Å². The lowest BCUT2D eigenvalue weighted by atomic mass is 9.84. The molecule has 2 aromatic rings. The average molecular weight is 282 g/mol. The van der Waals surface area contributed by atoms with Crippen molar-refractivity contribution in [3.05, 3.63) is 66.2 Å². The van der Waals surface area contributed by atoms with Crippen LogP contribution in [0.5, 0.6) is 5.75 Å². The molecule has 0 aliphatic heterocycles. The zero-order valence-electron chi connectivity index (χ0n) is 12.3. The Labute approximate surface area is 126 Å². The van der Waals surface area contributed by atoms with Gasteiger partial charge in [-0.15, -0.1) is 0 Å². The molecule has 0 amide bonds. The van der Waals surface area contributed by atoms with Crippen molar-refractivity contribution in [2.75, 3.05) is 0 Å². The Bertz CT molecular complexity index is 502. The summed E-state index contributed by atoms with van der Waals surface area (Å²) in [4.78, 5) is 9.75. The second-order valence-corrected chi connectivity index (χ2v) is 5.27. The molecule has 0 radical (unpaired) electrons. The number of carbonyl (C=O) groups excluding carboxylic acids is 1. The molecular weight excluding hydrogens is 260 g/mol. The summed E-state index contributed by atoms with van der Waals surface area (Å²) in [5, 5.41) is 0. The third-order valence-corrected chi connectivity index (χ3v) is 3.80. The van der Waals surface area contributed by atoms with Crippen LogP contribution in [0.1, 0.15) is 43.6 Å². The van der Waals surface area contributed by atoms with Gasteiger partial charge in [-0.25, -0.2) is 0 Å². The topological polar surface area (TPSA) is 26.3 Å². The minimum absolute atomic E-state index is 0.412. The summed E-state index contributed by atoms with van der Waals surface area (Å²) in [7, 11) is 0. The number of benzene rings is 2. The Morgan fingerprint density at radius 3 is 1.95 bits per heavy atom. The molecule has 1 saturated carbocycles. The molecule has 0 spiro atoms. The normalized spacial score (nSPS) is 14.7. The van der Waals surface area contributed by atoms with Crippen molar-refractivity contribution in [1.82, 2.24) is 0 Å². The standard InChI is InChI=1S/C12H16.C7H6O2/c1-3-7-11(8-4-1)12-9-5-2-6-10-12;8-6-9-7-4-2-1-3-5-7/h1,3-4,7-8,12H,2,5-6,9-10H2;1-6H. The fraction of sp³-hybridized carbons (Fsp3) is 0.316. The Kier molecular flexibility index (Phi) is 6.53. The Morgan fingerprint density at radius 1 is 0.810 bits per heavy atom. The van der Waals surface area contributed by atoms with E-state index in [1.807, 2.05) is 6.07 Å². The summed E-state index contributed by atoms with van der Waals surface area (Å²) in [6.07, 6.45) is 7.12. The molecule has 2 nitrogen and oxygen atoms in total. The van der Waals surface area contributed by atoms with Gasteiger partial charge in [0.15, 0.2) is 0 Å². The molecule has 0 heterocycles. The summed E-state index contributed by atoms with van der Waals surface area (Å²) in [6, 6.07) is 19.9. The first-order valence-electron chi connectivity index (χ1n) is 7.60. The summed E-state index contributed by atoms with van der Waals surface area (Å²) in [5.41, 5.74) is 1.55. The number of para-hydroxylation sites is 1. The highest BCUT2D eigenvalue weighted by atomic mass is 16.5. The van der Waals surface area contributed by atoms with E-state index in [2.05, 4.69) is 35.1 Å². The van der Waals surface area contributed by atoms with Crippen LogP contribution in [0.2, 0.25) is 0 Å². The number of rotatable bonds is 3. The van der Waals surface area contributed by atoms with Gasteiger partial charge in [0.25, 0.3) is 6.47 Å². The highest BCUT2D eigenvalue weighted by Gasteiger charge is 2.14. The van der Waals surface area contributed by atoms with Gasteiger partial charge >= 0.3 is 0 Å². The smallest absolute Gasteiger partial charge is 0.298 e. The maximum atomic E-state index is 9.75. The Balaban J connectivity index is 0.000000161. The van der Waals surface area contributed by atoms with Crippen LogP contribution in [0.25, 0.3) is 0 Å². The van der Waals surface area contributed by atoms with E-state index in [0.29, 0.717) is 12.2 Å². The number of hydrogen-bond acceptors (Lipinski definition) is 2. The fourth-order valence-corrected chi connectivity index (χ4v) is 2.72. The van der Waals surface area contributed by atoms with Gasteiger partial charge in [-0.1, -0.05) is 67.8 Å². The fourth-order valence-electron chi connectivity index (χ4n) is 2.72. The van der Waals surface area contributed by atoms with E-state index in [9.17, 15) is 4.79 Å². The third kappa shape index (κ3) is 5.42. The second kappa shape index (κ2) is 8.96. The van der Waals surface area contributed by atoms with Crippen molar-refractivity contribution in [3.8, 4) is 5.75 Å². The molecule has 3 rings (SSSR count). The van der Waals surface area contributed by atoms with Crippen molar-refractivity contribution in [2.45, 2.75) is 38.0 Å². The molecule has 0 bridgehead atoms. The predicted molar refractivity (Wildman–Crippen MR) is 85.4 cm³/mol. The van der Waals surface area contributed by atoms with Gasteiger partial charge < -0.3 is 4.74 Å². The van der Waals surface area contributed by atoms with Gasteiger partial charge in [0.1, 0.15) is 5.75 Å². The summed E-state index contributed by atoms with van der Waals surface area (Å²) >= 11 is 0. The largest absolute Gasteiger partial charge is 0.429 e. The number of hydrogen-bond donors (Lipinski definition) is 0. The van der Waals surface area contributed by atoms with E-state index in [-0.39, 0.29) is 0 Å². The van der Waals surface area contributed by atoms with Crippen LogP contribution in [0, 0.1) is 0 Å². The number of ether oxygens (including phenoxy) is 1. The minimum atomic E-state index is 0.412. The van der Waals surface area contributed by atoms with Crippen molar-refractivity contribution in [1.29, 1.82) is 0 Å². The molecule has 1 aliphatic carbocycles. The Morgan fingerprint density at radius 2 is 1.38 bits per heavy atom. The SMILES string of the molecule is O=COc1ccccc1.c1ccc(C2CCCCC2)cc1. The van der Waals surface area contributed by atoms with Crippen LogP contribution in [-0.2, 0) is 4.79 Å². The molecule has 2 heteroatoms. The molecule has 0 atom stereocenters. The first kappa shape index (κ1) is 15.3. The zero-order valence-corrected chi connectivity index (χ0v) is 12.3. The van der Waals surface area contributed by atoms with Gasteiger partial charge in [-0.3, -0.25) is 4.79 Å². The first-order chi connectivity index (χ1) is 10.4. The second-order valence-electron chi connectivity index (χ2n) is 5.27. The molecule has 2 aromatic carbocycles. The molecule has 1 aliphatic rings. The molecule has 0 N–H and O–H groups in total. The molecule has 0 aromatic heterocycles. The van der Waals surface area contributed by atoms with Crippen LogP contribution in [0.15, 0.2) is 60.7 Å². The molecule has 1 fully saturated rings. The quantitative estimate of drug-likeness (QED) is 0.744. The van der Waals surface area contributed by atoms with Gasteiger partial charge in [0.05, 0.1) is 0 Å². The lowest BCUT2D eigenvalue weighted by Gasteiger charge is -2.21. The van der Waals surface area contributed by atoms with Crippen molar-refractivity contribution >= 4 is 6.47 Å². The van der Waals surface area contributed by atoms with Crippen LogP contribution in [-0.4, -0.2) is 6.47 Å². The summed E-state index contributed by atoms with van der Waals surface area (Å²) in [6.45, 7) is 0.412. The van der Waals surface area contributed by atoms with Crippen molar-refractivity contribution in [3.63, 3.8) is 0 Å². The molecule has 0 unspecified atom stereocenters. The van der Waals surface area contributed by atoms with E-state index < -0.39 is 0 Å². The van der Waals surface area contributed by atoms with E-state index in [1.165, 1.54) is 32.1 Å². The predicted octanol–water partition coefficient (Wildman–Crippen LogP) is 4.96. The van der Waals surface area contributed by atoms with Crippen molar-refractivity contribution < 1.29 is 9.53 Å². The average Bonchev–Trinajstić information content (AvgIpc) is 2.58. The van der Waals surface area contributed by atoms with E-state index in [1.54, 1.807) is 29.8 Å². The van der Waals surface area contributed by atoms with Gasteiger partial charge in [0.2, 0.25) is 0 Å². The van der Waals surface area contributed by atoms with E-state index in [0.717, 1.165) is 5.92 Å².